The zero-order chi connectivity index (χ0) is 20.8. The van der Waals surface area contributed by atoms with E-state index in [0.717, 1.165) is 5.56 Å². The molecule has 1 aliphatic rings. The molecule has 9 heteroatoms. The lowest BCUT2D eigenvalue weighted by Gasteiger charge is -2.28. The third-order valence-corrected chi connectivity index (χ3v) is 4.75. The molecule has 3 rings (SSSR count). The molecular formula is C21H27ClN2O6. The van der Waals surface area contributed by atoms with Crippen molar-refractivity contribution >= 4 is 18.3 Å². The molecular weight excluding hydrogens is 412 g/mol. The first-order chi connectivity index (χ1) is 14.0. The van der Waals surface area contributed by atoms with E-state index in [9.17, 15) is 9.90 Å². The van der Waals surface area contributed by atoms with Gasteiger partial charge >= 0.3 is 0 Å². The molecule has 0 radical (unpaired) electrons. The zero-order valence-corrected chi connectivity index (χ0v) is 17.7. The molecule has 1 amide bonds. The van der Waals surface area contributed by atoms with Crippen LogP contribution in [-0.4, -0.2) is 50.6 Å². The second-order valence-electron chi connectivity index (χ2n) is 6.67. The van der Waals surface area contributed by atoms with Gasteiger partial charge in [-0.3, -0.25) is 4.79 Å². The Balaban J connectivity index is 0.00000320. The number of benzene rings is 2. The van der Waals surface area contributed by atoms with Crippen LogP contribution in [0.4, 0.5) is 0 Å². The van der Waals surface area contributed by atoms with Crippen molar-refractivity contribution in [3.05, 3.63) is 47.5 Å². The minimum Gasteiger partial charge on any atom is -0.493 e. The van der Waals surface area contributed by atoms with Crippen LogP contribution in [0.15, 0.2) is 36.4 Å². The zero-order valence-electron chi connectivity index (χ0n) is 16.9. The smallest absolute Gasteiger partial charge is 0.251 e. The molecule has 2 aromatic rings. The molecule has 8 nitrogen and oxygen atoms in total. The number of carbonyl (C=O) groups is 1. The van der Waals surface area contributed by atoms with Crippen LogP contribution in [0.1, 0.15) is 22.3 Å². The third-order valence-electron chi connectivity index (χ3n) is 4.75. The first kappa shape index (κ1) is 23.8. The molecule has 2 aromatic carbocycles. The number of nitrogens with one attached hydrogen (secondary N) is 1. The number of nitrogens with two attached hydrogens (primary N) is 1. The molecule has 0 bridgehead atoms. The quantitative estimate of drug-likeness (QED) is 0.607. The largest absolute Gasteiger partial charge is 0.493 e. The van der Waals surface area contributed by atoms with Crippen molar-refractivity contribution < 1.29 is 28.8 Å². The molecule has 164 valence electrons. The van der Waals surface area contributed by atoms with Crippen molar-refractivity contribution in [2.75, 3.05) is 27.4 Å². The fraction of sp³-hybridized carbons (Fsp3) is 0.381. The highest BCUT2D eigenvalue weighted by Crippen LogP contribution is 2.37. The van der Waals surface area contributed by atoms with Crippen molar-refractivity contribution in [1.82, 2.24) is 5.32 Å². The van der Waals surface area contributed by atoms with Gasteiger partial charge in [0, 0.05) is 18.7 Å². The number of amides is 1. The van der Waals surface area contributed by atoms with Crippen molar-refractivity contribution in [3.8, 4) is 23.0 Å². The van der Waals surface area contributed by atoms with Crippen LogP contribution in [0.25, 0.3) is 0 Å². The van der Waals surface area contributed by atoms with Crippen LogP contribution >= 0.6 is 12.4 Å². The minimum absolute atomic E-state index is 0. The monoisotopic (exact) mass is 438 g/mol. The number of carbonyl (C=O) groups excluding carboxylic acids is 1. The SMILES string of the molecule is COc1cc(CN)ccc1Oc1ccc(C(=O)N[C@@H]2COCC[C@H]2O)cc1OC.Cl. The number of hydrogen-bond donors (Lipinski definition) is 3. The van der Waals surface area contributed by atoms with E-state index in [4.69, 9.17) is 24.7 Å². The maximum absolute atomic E-state index is 12.6. The molecule has 0 unspecified atom stereocenters. The molecule has 1 saturated heterocycles. The van der Waals surface area contributed by atoms with E-state index in [2.05, 4.69) is 5.32 Å². The van der Waals surface area contributed by atoms with Crippen LogP contribution in [0.5, 0.6) is 23.0 Å². The average Bonchev–Trinajstić information content (AvgIpc) is 2.75. The Morgan fingerprint density at radius 3 is 2.43 bits per heavy atom. The lowest BCUT2D eigenvalue weighted by molar-refractivity contribution is -0.0140. The summed E-state index contributed by atoms with van der Waals surface area (Å²) >= 11 is 0. The van der Waals surface area contributed by atoms with E-state index in [1.807, 2.05) is 6.07 Å². The van der Waals surface area contributed by atoms with Crippen LogP contribution in [0, 0.1) is 0 Å². The Morgan fingerprint density at radius 1 is 1.13 bits per heavy atom. The van der Waals surface area contributed by atoms with Gasteiger partial charge < -0.3 is 35.1 Å². The predicted octanol–water partition coefficient (Wildman–Crippen LogP) is 2.26. The van der Waals surface area contributed by atoms with Crippen molar-refractivity contribution in [3.63, 3.8) is 0 Å². The van der Waals surface area contributed by atoms with Crippen LogP contribution in [-0.2, 0) is 11.3 Å². The van der Waals surface area contributed by atoms with E-state index >= 15 is 0 Å². The molecule has 4 N–H and O–H groups in total. The number of aliphatic hydroxyl groups is 1. The maximum atomic E-state index is 12.6. The standard InChI is InChI=1S/C21H26N2O6.ClH/c1-26-19-9-13(11-22)3-5-17(19)29-18-6-4-14(10-20(18)27-2)21(25)23-15-12-28-8-7-16(15)24;/h3-6,9-10,15-16,24H,7-8,11-12,22H2,1-2H3,(H,23,25);1H/t15-,16-;/m1./s1. The summed E-state index contributed by atoms with van der Waals surface area (Å²) in [5, 5.41) is 12.8. The summed E-state index contributed by atoms with van der Waals surface area (Å²) in [7, 11) is 3.05. The van der Waals surface area contributed by atoms with Gasteiger partial charge in [0.15, 0.2) is 23.0 Å². The summed E-state index contributed by atoms with van der Waals surface area (Å²) in [6.45, 7) is 1.16. The topological polar surface area (TPSA) is 112 Å². The number of hydrogen-bond acceptors (Lipinski definition) is 7. The Labute approximate surface area is 181 Å². The Hall–Kier alpha value is -2.52. The highest BCUT2D eigenvalue weighted by molar-refractivity contribution is 5.95. The summed E-state index contributed by atoms with van der Waals surface area (Å²) in [5.41, 5.74) is 6.97. The van der Waals surface area contributed by atoms with Crippen LogP contribution < -0.4 is 25.3 Å². The number of aliphatic hydroxyl groups excluding tert-OH is 1. The minimum atomic E-state index is -0.624. The Kier molecular flexibility index (Phi) is 8.73. The van der Waals surface area contributed by atoms with E-state index in [0.29, 0.717) is 48.1 Å². The molecule has 1 aliphatic heterocycles. The summed E-state index contributed by atoms with van der Waals surface area (Å²) in [5.74, 6) is 1.55. The van der Waals surface area contributed by atoms with Crippen LogP contribution in [0.3, 0.4) is 0 Å². The Morgan fingerprint density at radius 2 is 1.80 bits per heavy atom. The fourth-order valence-corrected chi connectivity index (χ4v) is 3.05. The van der Waals surface area contributed by atoms with E-state index in [1.165, 1.54) is 7.11 Å². The predicted molar refractivity (Wildman–Crippen MR) is 114 cm³/mol. The van der Waals surface area contributed by atoms with Gasteiger partial charge in [0.2, 0.25) is 0 Å². The number of halogens is 1. The van der Waals surface area contributed by atoms with Crippen molar-refractivity contribution in [2.45, 2.75) is 25.1 Å². The van der Waals surface area contributed by atoms with E-state index in [1.54, 1.807) is 37.4 Å². The summed E-state index contributed by atoms with van der Waals surface area (Å²) in [6.07, 6.45) is -0.132. The summed E-state index contributed by atoms with van der Waals surface area (Å²) in [4.78, 5) is 12.6. The van der Waals surface area contributed by atoms with Crippen LogP contribution in [0.2, 0.25) is 0 Å². The maximum Gasteiger partial charge on any atom is 0.251 e. The van der Waals surface area contributed by atoms with Crippen molar-refractivity contribution in [2.24, 2.45) is 5.73 Å². The van der Waals surface area contributed by atoms with Gasteiger partial charge in [0.25, 0.3) is 5.91 Å². The normalized spacial score (nSPS) is 18.1. The molecule has 30 heavy (non-hydrogen) atoms. The second kappa shape index (κ2) is 11.0. The van der Waals surface area contributed by atoms with E-state index < -0.39 is 12.1 Å². The van der Waals surface area contributed by atoms with E-state index in [-0.39, 0.29) is 24.9 Å². The molecule has 0 spiro atoms. The fourth-order valence-electron chi connectivity index (χ4n) is 3.05. The van der Waals surface area contributed by atoms with Gasteiger partial charge in [-0.2, -0.15) is 0 Å². The summed E-state index contributed by atoms with van der Waals surface area (Å²) in [6, 6.07) is 9.85. The highest BCUT2D eigenvalue weighted by atomic mass is 35.5. The lowest BCUT2D eigenvalue weighted by Crippen LogP contribution is -2.49. The molecule has 2 atom stereocenters. The molecule has 0 aromatic heterocycles. The van der Waals surface area contributed by atoms with Gasteiger partial charge in [0.1, 0.15) is 0 Å². The molecule has 0 saturated carbocycles. The molecule has 1 heterocycles. The Bertz CT molecular complexity index is 863. The molecule has 0 aliphatic carbocycles. The lowest BCUT2D eigenvalue weighted by atomic mass is 10.1. The second-order valence-corrected chi connectivity index (χ2v) is 6.67. The number of ether oxygens (including phenoxy) is 4. The highest BCUT2D eigenvalue weighted by Gasteiger charge is 2.26. The van der Waals surface area contributed by atoms with Crippen molar-refractivity contribution in [1.29, 1.82) is 0 Å². The average molecular weight is 439 g/mol. The molecule has 1 fully saturated rings. The van der Waals surface area contributed by atoms with Gasteiger partial charge in [-0.15, -0.1) is 12.4 Å². The van der Waals surface area contributed by atoms with Gasteiger partial charge in [-0.1, -0.05) is 6.07 Å². The number of methoxy groups -OCH3 is 2. The first-order valence-corrected chi connectivity index (χ1v) is 9.35. The summed E-state index contributed by atoms with van der Waals surface area (Å²) < 4.78 is 22.0. The third kappa shape index (κ3) is 5.54. The first-order valence-electron chi connectivity index (χ1n) is 9.35. The number of rotatable bonds is 7. The van der Waals surface area contributed by atoms with Gasteiger partial charge in [0.05, 0.1) is 33.0 Å². The van der Waals surface area contributed by atoms with Gasteiger partial charge in [-0.25, -0.2) is 0 Å². The van der Waals surface area contributed by atoms with Gasteiger partial charge in [-0.05, 0) is 42.3 Å².